The molecule has 0 spiro atoms. The van der Waals surface area contributed by atoms with E-state index in [0.717, 1.165) is 12.1 Å². The summed E-state index contributed by atoms with van der Waals surface area (Å²) in [6.45, 7) is 1.74. The van der Waals surface area contributed by atoms with Crippen molar-refractivity contribution < 1.29 is 13.6 Å². The molecule has 178 valence electrons. The van der Waals surface area contributed by atoms with Crippen LogP contribution in [0.5, 0.6) is 0 Å². The molecule has 4 rings (SSSR count). The number of nitrogens with one attached hydrogen (secondary N) is 3. The molecule has 0 aliphatic heterocycles. The standard InChI is InChI=1S/C25H21F2N5O2S/c1-15-22(24(34)32(31(15)2)19-9-4-3-5-10-19)30-23(33)16-7-6-8-18(13-16)28-25(35)29-21-12-11-17(26)14-20(21)27/h3-14H,1-2H3,(H,30,33)(H2,28,29,35). The lowest BCUT2D eigenvalue weighted by Gasteiger charge is -2.12. The van der Waals surface area contributed by atoms with Crippen LogP contribution in [0.3, 0.4) is 0 Å². The Morgan fingerprint density at radius 3 is 2.37 bits per heavy atom. The van der Waals surface area contributed by atoms with Gasteiger partial charge in [0.25, 0.3) is 11.5 Å². The second kappa shape index (κ2) is 9.90. The summed E-state index contributed by atoms with van der Waals surface area (Å²) in [6.07, 6.45) is 0. The Balaban J connectivity index is 1.51. The third-order valence-corrected chi connectivity index (χ3v) is 5.56. The van der Waals surface area contributed by atoms with Crippen LogP contribution in [0.2, 0.25) is 0 Å². The van der Waals surface area contributed by atoms with Gasteiger partial charge in [-0.25, -0.2) is 13.5 Å². The first-order chi connectivity index (χ1) is 16.7. The van der Waals surface area contributed by atoms with Crippen molar-refractivity contribution in [3.63, 3.8) is 0 Å². The highest BCUT2D eigenvalue weighted by Gasteiger charge is 2.19. The zero-order chi connectivity index (χ0) is 25.1. The molecule has 0 radical (unpaired) electrons. The van der Waals surface area contributed by atoms with Crippen LogP contribution in [0, 0.1) is 18.6 Å². The van der Waals surface area contributed by atoms with Gasteiger partial charge in [0.2, 0.25) is 0 Å². The zero-order valence-corrected chi connectivity index (χ0v) is 19.6. The maximum Gasteiger partial charge on any atom is 0.295 e. The molecule has 1 amide bonds. The molecule has 0 saturated carbocycles. The van der Waals surface area contributed by atoms with Crippen LogP contribution in [-0.4, -0.2) is 20.4 Å². The SMILES string of the molecule is Cc1c(NC(=O)c2cccc(NC(=S)Nc3ccc(F)cc3F)c2)c(=O)n(-c2ccccc2)n1C. The lowest BCUT2D eigenvalue weighted by molar-refractivity contribution is 0.102. The van der Waals surface area contributed by atoms with Crippen molar-refractivity contribution in [2.45, 2.75) is 6.92 Å². The highest BCUT2D eigenvalue weighted by Crippen LogP contribution is 2.18. The van der Waals surface area contributed by atoms with Crippen LogP contribution in [-0.2, 0) is 7.05 Å². The quantitative estimate of drug-likeness (QED) is 0.347. The molecule has 0 aliphatic rings. The molecule has 0 aliphatic carbocycles. The number of carbonyl (C=O) groups excluding carboxylic acids is 1. The molecule has 4 aromatic rings. The van der Waals surface area contributed by atoms with Crippen molar-refractivity contribution in [3.8, 4) is 5.69 Å². The lowest BCUT2D eigenvalue weighted by atomic mass is 10.2. The van der Waals surface area contributed by atoms with Gasteiger partial charge in [0.1, 0.15) is 17.3 Å². The number of hydrogen-bond donors (Lipinski definition) is 3. The number of hydrogen-bond acceptors (Lipinski definition) is 3. The third-order valence-electron chi connectivity index (χ3n) is 5.35. The van der Waals surface area contributed by atoms with Gasteiger partial charge in [-0.3, -0.25) is 14.3 Å². The van der Waals surface area contributed by atoms with Crippen molar-refractivity contribution in [2.75, 3.05) is 16.0 Å². The second-order valence-corrected chi connectivity index (χ2v) is 8.08. The summed E-state index contributed by atoms with van der Waals surface area (Å²) in [6, 6.07) is 18.6. The van der Waals surface area contributed by atoms with Crippen LogP contribution in [0.15, 0.2) is 77.6 Å². The van der Waals surface area contributed by atoms with E-state index in [0.29, 0.717) is 17.1 Å². The van der Waals surface area contributed by atoms with E-state index in [1.165, 1.54) is 10.7 Å². The highest BCUT2D eigenvalue weighted by molar-refractivity contribution is 7.80. The Labute approximate surface area is 205 Å². The zero-order valence-electron chi connectivity index (χ0n) is 18.8. The van der Waals surface area contributed by atoms with Gasteiger partial charge in [-0.05, 0) is 61.6 Å². The molecule has 0 atom stereocenters. The molecule has 3 N–H and O–H groups in total. The molecule has 3 aromatic carbocycles. The summed E-state index contributed by atoms with van der Waals surface area (Å²) in [5.41, 5.74) is 1.83. The lowest BCUT2D eigenvalue weighted by Crippen LogP contribution is -2.23. The Kier molecular flexibility index (Phi) is 6.74. The van der Waals surface area contributed by atoms with Gasteiger partial charge in [0.15, 0.2) is 5.11 Å². The van der Waals surface area contributed by atoms with Gasteiger partial charge in [-0.1, -0.05) is 24.3 Å². The number of para-hydroxylation sites is 1. The summed E-state index contributed by atoms with van der Waals surface area (Å²) in [5.74, 6) is -1.97. The predicted octanol–water partition coefficient (Wildman–Crippen LogP) is 4.82. The monoisotopic (exact) mass is 493 g/mol. The molecule has 35 heavy (non-hydrogen) atoms. The van der Waals surface area contributed by atoms with E-state index >= 15 is 0 Å². The van der Waals surface area contributed by atoms with Crippen LogP contribution < -0.4 is 21.5 Å². The number of rotatable bonds is 5. The summed E-state index contributed by atoms with van der Waals surface area (Å²) in [5, 5.41) is 8.26. The van der Waals surface area contributed by atoms with Gasteiger partial charge in [-0.2, -0.15) is 0 Å². The molecule has 0 bridgehead atoms. The number of benzene rings is 3. The number of amides is 1. The first-order valence-electron chi connectivity index (χ1n) is 10.5. The molecule has 10 heteroatoms. The summed E-state index contributed by atoms with van der Waals surface area (Å²) >= 11 is 5.19. The van der Waals surface area contributed by atoms with E-state index in [1.807, 2.05) is 18.2 Å². The molecule has 0 unspecified atom stereocenters. The minimum atomic E-state index is -0.790. The maximum atomic E-state index is 13.9. The Morgan fingerprint density at radius 2 is 1.66 bits per heavy atom. The van der Waals surface area contributed by atoms with Crippen LogP contribution >= 0.6 is 12.2 Å². The van der Waals surface area contributed by atoms with E-state index in [2.05, 4.69) is 16.0 Å². The average molecular weight is 494 g/mol. The summed E-state index contributed by atoms with van der Waals surface area (Å²) in [7, 11) is 1.74. The molecular formula is C25H21F2N5O2S. The van der Waals surface area contributed by atoms with E-state index in [4.69, 9.17) is 12.2 Å². The number of halogens is 2. The number of thiocarbonyl (C=S) groups is 1. The molecular weight excluding hydrogens is 472 g/mol. The van der Waals surface area contributed by atoms with Gasteiger partial charge in [-0.15, -0.1) is 0 Å². The Hall–Kier alpha value is -4.31. The van der Waals surface area contributed by atoms with E-state index < -0.39 is 17.5 Å². The van der Waals surface area contributed by atoms with E-state index in [9.17, 15) is 18.4 Å². The van der Waals surface area contributed by atoms with Crippen LogP contribution in [0.25, 0.3) is 5.69 Å². The molecule has 0 saturated heterocycles. The van der Waals surface area contributed by atoms with Crippen LogP contribution in [0.4, 0.5) is 25.8 Å². The number of aromatic nitrogens is 2. The molecule has 0 fully saturated rings. The molecule has 7 nitrogen and oxygen atoms in total. The normalized spacial score (nSPS) is 10.6. The maximum absolute atomic E-state index is 13.9. The Morgan fingerprint density at radius 1 is 0.914 bits per heavy atom. The van der Waals surface area contributed by atoms with Gasteiger partial charge >= 0.3 is 0 Å². The van der Waals surface area contributed by atoms with Crippen molar-refractivity contribution in [1.29, 1.82) is 0 Å². The van der Waals surface area contributed by atoms with Crippen molar-refractivity contribution in [3.05, 3.63) is 106 Å². The number of carbonyl (C=O) groups is 1. The largest absolute Gasteiger partial charge is 0.332 e. The number of anilines is 3. The highest BCUT2D eigenvalue weighted by atomic mass is 32.1. The van der Waals surface area contributed by atoms with Crippen molar-refractivity contribution in [1.82, 2.24) is 9.36 Å². The van der Waals surface area contributed by atoms with Gasteiger partial charge < -0.3 is 16.0 Å². The first-order valence-corrected chi connectivity index (χ1v) is 10.9. The fraction of sp³-hybridized carbons (Fsp3) is 0.0800. The topological polar surface area (TPSA) is 80.1 Å². The van der Waals surface area contributed by atoms with Crippen molar-refractivity contribution >= 4 is 40.3 Å². The van der Waals surface area contributed by atoms with E-state index in [-0.39, 0.29) is 27.6 Å². The second-order valence-electron chi connectivity index (χ2n) is 7.67. The van der Waals surface area contributed by atoms with Gasteiger partial charge in [0.05, 0.1) is 17.1 Å². The Bertz CT molecular complexity index is 1480. The van der Waals surface area contributed by atoms with Gasteiger partial charge in [0, 0.05) is 24.4 Å². The summed E-state index contributed by atoms with van der Waals surface area (Å²) in [4.78, 5) is 26.0. The van der Waals surface area contributed by atoms with E-state index in [1.54, 1.807) is 55.1 Å². The average Bonchev–Trinajstić information content (AvgIpc) is 3.04. The number of nitrogens with zero attached hydrogens (tertiary/aromatic N) is 2. The third kappa shape index (κ3) is 5.12. The first kappa shape index (κ1) is 23.8. The molecule has 1 heterocycles. The summed E-state index contributed by atoms with van der Waals surface area (Å²) < 4.78 is 30.1. The predicted molar refractivity (Wildman–Crippen MR) is 136 cm³/mol. The van der Waals surface area contributed by atoms with Crippen molar-refractivity contribution in [2.24, 2.45) is 7.05 Å². The minimum Gasteiger partial charge on any atom is -0.332 e. The fourth-order valence-corrected chi connectivity index (χ4v) is 3.74. The smallest absolute Gasteiger partial charge is 0.295 e. The van der Waals surface area contributed by atoms with Crippen LogP contribution in [0.1, 0.15) is 16.1 Å². The fourth-order valence-electron chi connectivity index (χ4n) is 3.51. The minimum absolute atomic E-state index is 0.00652. The molecule has 1 aromatic heterocycles.